The van der Waals surface area contributed by atoms with Gasteiger partial charge < -0.3 is 14.8 Å². The zero-order valence-corrected chi connectivity index (χ0v) is 15.2. The molecule has 0 aliphatic rings. The van der Waals surface area contributed by atoms with E-state index >= 15 is 0 Å². The van der Waals surface area contributed by atoms with Crippen LogP contribution in [-0.2, 0) is 4.74 Å². The summed E-state index contributed by atoms with van der Waals surface area (Å²) in [5.74, 6) is 0.375. The fourth-order valence-corrected chi connectivity index (χ4v) is 2.58. The van der Waals surface area contributed by atoms with Crippen LogP contribution in [0.2, 0.25) is 5.15 Å². The number of halogens is 2. The Labute approximate surface area is 159 Å². The number of benzene rings is 2. The SMILES string of the molecule is COC(=O)c1ccc(OC)c(Nc2cc(Cl)nc(-c3ccc(F)cc3)n2)c1. The van der Waals surface area contributed by atoms with Gasteiger partial charge in [-0.3, -0.25) is 0 Å². The highest BCUT2D eigenvalue weighted by atomic mass is 35.5. The Balaban J connectivity index is 1.98. The third-order valence-corrected chi connectivity index (χ3v) is 3.87. The summed E-state index contributed by atoms with van der Waals surface area (Å²) < 4.78 is 23.2. The molecule has 0 unspecified atom stereocenters. The van der Waals surface area contributed by atoms with Crippen molar-refractivity contribution in [2.45, 2.75) is 0 Å². The number of hydrogen-bond donors (Lipinski definition) is 1. The lowest BCUT2D eigenvalue weighted by Gasteiger charge is -2.13. The molecule has 1 heterocycles. The molecule has 6 nitrogen and oxygen atoms in total. The third kappa shape index (κ3) is 4.32. The van der Waals surface area contributed by atoms with Crippen molar-refractivity contribution in [1.29, 1.82) is 0 Å². The maximum Gasteiger partial charge on any atom is 0.337 e. The van der Waals surface area contributed by atoms with Crippen molar-refractivity contribution in [3.05, 3.63) is 65.1 Å². The van der Waals surface area contributed by atoms with E-state index < -0.39 is 5.97 Å². The molecule has 0 bridgehead atoms. The molecule has 3 aromatic rings. The summed E-state index contributed by atoms with van der Waals surface area (Å²) in [6.45, 7) is 0. The first kappa shape index (κ1) is 18.6. The second-order valence-electron chi connectivity index (χ2n) is 5.44. The Morgan fingerprint density at radius 2 is 1.81 bits per heavy atom. The summed E-state index contributed by atoms with van der Waals surface area (Å²) >= 11 is 6.10. The largest absolute Gasteiger partial charge is 0.495 e. The number of nitrogens with one attached hydrogen (secondary N) is 1. The van der Waals surface area contributed by atoms with Crippen LogP contribution in [0.1, 0.15) is 10.4 Å². The summed E-state index contributed by atoms with van der Waals surface area (Å²) in [5, 5.41) is 3.27. The molecule has 27 heavy (non-hydrogen) atoms. The van der Waals surface area contributed by atoms with Gasteiger partial charge in [-0.2, -0.15) is 0 Å². The van der Waals surface area contributed by atoms with E-state index in [9.17, 15) is 9.18 Å². The molecule has 2 aromatic carbocycles. The van der Waals surface area contributed by atoms with Gasteiger partial charge in [0.25, 0.3) is 0 Å². The summed E-state index contributed by atoms with van der Waals surface area (Å²) in [6, 6.07) is 12.1. The number of anilines is 2. The quantitative estimate of drug-likeness (QED) is 0.514. The number of aromatic nitrogens is 2. The van der Waals surface area contributed by atoms with E-state index in [1.807, 2.05) is 0 Å². The van der Waals surface area contributed by atoms with Crippen molar-refractivity contribution in [2.24, 2.45) is 0 Å². The van der Waals surface area contributed by atoms with Crippen molar-refractivity contribution in [3.8, 4) is 17.1 Å². The van der Waals surface area contributed by atoms with Crippen LogP contribution in [0.5, 0.6) is 5.75 Å². The number of nitrogens with zero attached hydrogens (tertiary/aromatic N) is 2. The van der Waals surface area contributed by atoms with Crippen LogP contribution in [0, 0.1) is 5.82 Å². The Kier molecular flexibility index (Phi) is 5.52. The second-order valence-corrected chi connectivity index (χ2v) is 5.83. The van der Waals surface area contributed by atoms with Crippen molar-refractivity contribution >= 4 is 29.1 Å². The molecule has 0 fully saturated rings. The van der Waals surface area contributed by atoms with Crippen LogP contribution < -0.4 is 10.1 Å². The van der Waals surface area contributed by atoms with Gasteiger partial charge in [0.2, 0.25) is 0 Å². The first-order valence-corrected chi connectivity index (χ1v) is 8.22. The first-order chi connectivity index (χ1) is 13.0. The normalized spacial score (nSPS) is 10.4. The number of hydrogen-bond acceptors (Lipinski definition) is 6. The third-order valence-electron chi connectivity index (χ3n) is 3.68. The summed E-state index contributed by atoms with van der Waals surface area (Å²) in [5.41, 5.74) is 1.46. The zero-order chi connectivity index (χ0) is 19.4. The topological polar surface area (TPSA) is 73.3 Å². The maximum absolute atomic E-state index is 13.1. The van der Waals surface area contributed by atoms with Crippen LogP contribution in [-0.4, -0.2) is 30.2 Å². The van der Waals surface area contributed by atoms with Crippen LogP contribution in [0.25, 0.3) is 11.4 Å². The number of ether oxygens (including phenoxy) is 2. The van der Waals surface area contributed by atoms with Gasteiger partial charge in [-0.1, -0.05) is 11.6 Å². The number of carbonyl (C=O) groups is 1. The maximum atomic E-state index is 13.1. The smallest absolute Gasteiger partial charge is 0.337 e. The highest BCUT2D eigenvalue weighted by Gasteiger charge is 2.13. The van der Waals surface area contributed by atoms with E-state index in [4.69, 9.17) is 21.1 Å². The molecule has 0 amide bonds. The fraction of sp³-hybridized carbons (Fsp3) is 0.105. The van der Waals surface area contributed by atoms with Crippen LogP contribution in [0.4, 0.5) is 15.9 Å². The number of methoxy groups -OCH3 is 2. The van der Waals surface area contributed by atoms with Gasteiger partial charge >= 0.3 is 5.97 Å². The van der Waals surface area contributed by atoms with E-state index in [-0.39, 0.29) is 11.0 Å². The molecule has 138 valence electrons. The number of carbonyl (C=O) groups excluding carboxylic acids is 1. The van der Waals surface area contributed by atoms with E-state index in [1.165, 1.54) is 32.4 Å². The molecule has 1 aromatic heterocycles. The van der Waals surface area contributed by atoms with E-state index in [1.54, 1.807) is 30.3 Å². The molecule has 0 saturated carbocycles. The molecular formula is C19H15ClFN3O3. The van der Waals surface area contributed by atoms with Gasteiger partial charge in [-0.15, -0.1) is 0 Å². The molecule has 0 aliphatic heterocycles. The van der Waals surface area contributed by atoms with Crippen LogP contribution in [0.3, 0.4) is 0 Å². The molecule has 0 saturated heterocycles. The van der Waals surface area contributed by atoms with Crippen LogP contribution >= 0.6 is 11.6 Å². The molecule has 3 rings (SSSR count). The summed E-state index contributed by atoms with van der Waals surface area (Å²) in [4.78, 5) is 20.3. The minimum absolute atomic E-state index is 0.204. The summed E-state index contributed by atoms with van der Waals surface area (Å²) in [6.07, 6.45) is 0. The van der Waals surface area contributed by atoms with Gasteiger partial charge in [-0.25, -0.2) is 19.2 Å². The lowest BCUT2D eigenvalue weighted by Crippen LogP contribution is -2.04. The highest BCUT2D eigenvalue weighted by molar-refractivity contribution is 6.29. The molecule has 0 atom stereocenters. The highest BCUT2D eigenvalue weighted by Crippen LogP contribution is 2.30. The first-order valence-electron chi connectivity index (χ1n) is 7.84. The van der Waals surface area contributed by atoms with Crippen molar-refractivity contribution in [1.82, 2.24) is 9.97 Å². The number of rotatable bonds is 5. The van der Waals surface area contributed by atoms with Gasteiger partial charge in [0, 0.05) is 11.6 Å². The lowest BCUT2D eigenvalue weighted by molar-refractivity contribution is 0.0600. The Hall–Kier alpha value is -3.19. The van der Waals surface area contributed by atoms with Crippen LogP contribution in [0.15, 0.2) is 48.5 Å². The molecule has 1 N–H and O–H groups in total. The van der Waals surface area contributed by atoms with Gasteiger partial charge in [-0.05, 0) is 42.5 Å². The fourth-order valence-electron chi connectivity index (χ4n) is 2.40. The minimum Gasteiger partial charge on any atom is -0.495 e. The van der Waals surface area contributed by atoms with E-state index in [0.29, 0.717) is 34.2 Å². The van der Waals surface area contributed by atoms with Gasteiger partial charge in [0.05, 0.1) is 25.5 Å². The Morgan fingerprint density at radius 1 is 1.07 bits per heavy atom. The lowest BCUT2D eigenvalue weighted by atomic mass is 10.2. The second kappa shape index (κ2) is 8.01. The Bertz CT molecular complexity index is 980. The predicted molar refractivity (Wildman–Crippen MR) is 100 cm³/mol. The standard InChI is InChI=1S/C19H15ClFN3O3/c1-26-15-8-5-12(19(25)27-2)9-14(15)22-17-10-16(20)23-18(24-17)11-3-6-13(21)7-4-11/h3-10H,1-2H3,(H,22,23,24). The van der Waals surface area contributed by atoms with E-state index in [2.05, 4.69) is 15.3 Å². The zero-order valence-electron chi connectivity index (χ0n) is 14.5. The molecular weight excluding hydrogens is 373 g/mol. The summed E-state index contributed by atoms with van der Waals surface area (Å²) in [7, 11) is 2.81. The van der Waals surface area contributed by atoms with Gasteiger partial charge in [0.15, 0.2) is 5.82 Å². The minimum atomic E-state index is -0.478. The van der Waals surface area contributed by atoms with Crippen molar-refractivity contribution < 1.29 is 18.7 Å². The van der Waals surface area contributed by atoms with Crippen molar-refractivity contribution in [2.75, 3.05) is 19.5 Å². The molecule has 8 heteroatoms. The average molecular weight is 388 g/mol. The monoisotopic (exact) mass is 387 g/mol. The van der Waals surface area contributed by atoms with Gasteiger partial charge in [0.1, 0.15) is 22.5 Å². The average Bonchev–Trinajstić information content (AvgIpc) is 2.67. The molecule has 0 spiro atoms. The Morgan fingerprint density at radius 3 is 2.48 bits per heavy atom. The van der Waals surface area contributed by atoms with E-state index in [0.717, 1.165) is 0 Å². The molecule has 0 aliphatic carbocycles. The predicted octanol–water partition coefficient (Wildman–Crippen LogP) is 4.47. The van der Waals surface area contributed by atoms with Crippen molar-refractivity contribution in [3.63, 3.8) is 0 Å². The molecule has 0 radical (unpaired) electrons. The number of esters is 1.